The second-order valence-corrected chi connectivity index (χ2v) is 5.78. The van der Waals surface area contributed by atoms with Crippen LogP contribution in [0.5, 0.6) is 5.75 Å². The van der Waals surface area contributed by atoms with Crippen molar-refractivity contribution in [2.45, 2.75) is 45.0 Å². The summed E-state index contributed by atoms with van der Waals surface area (Å²) in [5.41, 5.74) is 2.58. The highest BCUT2D eigenvalue weighted by molar-refractivity contribution is 5.85. The van der Waals surface area contributed by atoms with Crippen LogP contribution in [0.15, 0.2) is 18.2 Å². The zero-order valence-electron chi connectivity index (χ0n) is 11.7. The highest BCUT2D eigenvalue weighted by atomic mass is 35.5. The average molecular weight is 284 g/mol. The Balaban J connectivity index is 0.00000133. The lowest BCUT2D eigenvalue weighted by molar-refractivity contribution is -0.0529. The number of fused-ring (bicyclic) bond motifs is 3. The quantitative estimate of drug-likeness (QED) is 0.905. The number of hydrogen-bond acceptors (Lipinski definition) is 3. The summed E-state index contributed by atoms with van der Waals surface area (Å²) in [7, 11) is 0. The smallest absolute Gasteiger partial charge is 0.125 e. The first-order valence-electron chi connectivity index (χ1n) is 6.73. The Morgan fingerprint density at radius 1 is 1.42 bits per heavy atom. The van der Waals surface area contributed by atoms with Crippen LogP contribution in [0.4, 0.5) is 0 Å². The van der Waals surface area contributed by atoms with Crippen LogP contribution in [0, 0.1) is 0 Å². The van der Waals surface area contributed by atoms with Crippen molar-refractivity contribution in [1.82, 2.24) is 5.32 Å². The van der Waals surface area contributed by atoms with Crippen molar-refractivity contribution < 1.29 is 9.47 Å². The molecule has 2 aliphatic rings. The Bertz CT molecular complexity index is 463. The van der Waals surface area contributed by atoms with E-state index >= 15 is 0 Å². The number of rotatable bonds is 2. The number of benzene rings is 1. The molecule has 0 bridgehead atoms. The van der Waals surface area contributed by atoms with Crippen LogP contribution < -0.4 is 10.1 Å². The van der Waals surface area contributed by atoms with Gasteiger partial charge in [0.1, 0.15) is 5.75 Å². The van der Waals surface area contributed by atoms with Gasteiger partial charge in [0.2, 0.25) is 0 Å². The molecule has 1 fully saturated rings. The molecule has 106 valence electrons. The molecule has 4 heteroatoms. The predicted octanol–water partition coefficient (Wildman–Crippen LogP) is 2.87. The van der Waals surface area contributed by atoms with Crippen LogP contribution in [0.1, 0.15) is 37.8 Å². The minimum absolute atomic E-state index is 0. The van der Waals surface area contributed by atoms with Crippen LogP contribution in [0.3, 0.4) is 0 Å². The van der Waals surface area contributed by atoms with Crippen molar-refractivity contribution >= 4 is 12.4 Å². The van der Waals surface area contributed by atoms with E-state index < -0.39 is 0 Å². The normalized spacial score (nSPS) is 28.5. The van der Waals surface area contributed by atoms with E-state index in [-0.39, 0.29) is 24.1 Å². The minimum Gasteiger partial charge on any atom is -0.491 e. The van der Waals surface area contributed by atoms with E-state index in [4.69, 9.17) is 9.47 Å². The third kappa shape index (κ3) is 2.47. The molecule has 1 aromatic carbocycles. The summed E-state index contributed by atoms with van der Waals surface area (Å²) in [4.78, 5) is 0. The summed E-state index contributed by atoms with van der Waals surface area (Å²) in [6.07, 6.45) is 0.200. The first-order valence-corrected chi connectivity index (χ1v) is 6.73. The molecule has 3 rings (SSSR count). The molecule has 1 N–H and O–H groups in total. The third-order valence-electron chi connectivity index (χ3n) is 4.02. The molecule has 0 radical (unpaired) electrons. The number of ether oxygens (including phenoxy) is 2. The maximum absolute atomic E-state index is 6.10. The van der Waals surface area contributed by atoms with Crippen LogP contribution >= 0.6 is 12.4 Å². The summed E-state index contributed by atoms with van der Waals surface area (Å²) < 4.78 is 12.0. The maximum Gasteiger partial charge on any atom is 0.125 e. The van der Waals surface area contributed by atoms with E-state index in [1.807, 2.05) is 6.07 Å². The topological polar surface area (TPSA) is 30.5 Å². The first kappa shape index (κ1) is 14.6. The fraction of sp³-hybridized carbons (Fsp3) is 0.600. The molecule has 3 nitrogen and oxygen atoms in total. The largest absolute Gasteiger partial charge is 0.491 e. The Kier molecular flexibility index (Phi) is 4.09. The van der Waals surface area contributed by atoms with Crippen LogP contribution in [-0.4, -0.2) is 24.8 Å². The van der Waals surface area contributed by atoms with Crippen molar-refractivity contribution in [1.29, 1.82) is 0 Å². The molecule has 2 aliphatic heterocycles. The molecule has 1 aromatic rings. The Hall–Kier alpha value is -0.770. The molecule has 0 unspecified atom stereocenters. The van der Waals surface area contributed by atoms with Gasteiger partial charge in [-0.2, -0.15) is 0 Å². The maximum atomic E-state index is 6.10. The zero-order chi connectivity index (χ0) is 12.8. The van der Waals surface area contributed by atoms with Crippen molar-refractivity contribution in [2.75, 3.05) is 13.1 Å². The van der Waals surface area contributed by atoms with E-state index in [2.05, 4.69) is 38.2 Å². The molecule has 0 saturated carbocycles. The standard InChI is InChI=1S/C15H21NO2.ClH/c1-10(2)18-14-6-4-5-11-12(14)8-17-15(3)9-16-7-13(11)15;/h4-6,10,13,16H,7-9H2,1-3H3;1H/t13-,15+;/m0./s1. The van der Waals surface area contributed by atoms with E-state index in [0.29, 0.717) is 12.5 Å². The van der Waals surface area contributed by atoms with Gasteiger partial charge in [0.05, 0.1) is 18.3 Å². The molecule has 0 aromatic heterocycles. The fourth-order valence-electron chi connectivity index (χ4n) is 3.06. The van der Waals surface area contributed by atoms with Crippen molar-refractivity contribution in [3.8, 4) is 5.75 Å². The third-order valence-corrected chi connectivity index (χ3v) is 4.02. The van der Waals surface area contributed by atoms with E-state index in [0.717, 1.165) is 18.8 Å². The molecular formula is C15H22ClNO2. The molecule has 19 heavy (non-hydrogen) atoms. The average Bonchev–Trinajstić information content (AvgIpc) is 2.70. The van der Waals surface area contributed by atoms with Crippen LogP contribution in [0.25, 0.3) is 0 Å². The summed E-state index contributed by atoms with van der Waals surface area (Å²) >= 11 is 0. The van der Waals surface area contributed by atoms with E-state index in [1.165, 1.54) is 11.1 Å². The van der Waals surface area contributed by atoms with Gasteiger partial charge in [0.15, 0.2) is 0 Å². The molecule has 0 aliphatic carbocycles. The molecular weight excluding hydrogens is 262 g/mol. The van der Waals surface area contributed by atoms with Gasteiger partial charge in [-0.15, -0.1) is 12.4 Å². The van der Waals surface area contributed by atoms with Crippen molar-refractivity contribution in [3.63, 3.8) is 0 Å². The van der Waals surface area contributed by atoms with Gasteiger partial charge in [-0.3, -0.25) is 0 Å². The Labute approximate surface area is 121 Å². The number of hydrogen-bond donors (Lipinski definition) is 1. The van der Waals surface area contributed by atoms with E-state index in [1.54, 1.807) is 0 Å². The van der Waals surface area contributed by atoms with Gasteiger partial charge < -0.3 is 14.8 Å². The number of nitrogens with one attached hydrogen (secondary N) is 1. The molecule has 0 spiro atoms. The van der Waals surface area contributed by atoms with Crippen molar-refractivity contribution in [3.05, 3.63) is 29.3 Å². The zero-order valence-corrected chi connectivity index (χ0v) is 12.5. The SMILES string of the molecule is CC(C)Oc1cccc2c1CO[C@]1(C)CNC[C@@H]21.Cl. The monoisotopic (exact) mass is 283 g/mol. The molecule has 2 atom stereocenters. The van der Waals surface area contributed by atoms with Crippen LogP contribution in [-0.2, 0) is 11.3 Å². The van der Waals surface area contributed by atoms with Gasteiger partial charge in [0, 0.05) is 24.6 Å². The number of halogens is 1. The minimum atomic E-state index is -0.0521. The van der Waals surface area contributed by atoms with E-state index in [9.17, 15) is 0 Å². The second-order valence-electron chi connectivity index (χ2n) is 5.78. The highest BCUT2D eigenvalue weighted by Gasteiger charge is 2.45. The first-order chi connectivity index (χ1) is 8.60. The molecule has 1 saturated heterocycles. The van der Waals surface area contributed by atoms with Gasteiger partial charge in [-0.25, -0.2) is 0 Å². The highest BCUT2D eigenvalue weighted by Crippen LogP contribution is 2.43. The molecule has 2 heterocycles. The van der Waals surface area contributed by atoms with Gasteiger partial charge in [0.25, 0.3) is 0 Å². The lowest BCUT2D eigenvalue weighted by atomic mass is 9.81. The summed E-state index contributed by atoms with van der Waals surface area (Å²) in [5, 5.41) is 3.44. The lowest BCUT2D eigenvalue weighted by Gasteiger charge is -2.37. The summed E-state index contributed by atoms with van der Waals surface area (Å²) in [6, 6.07) is 6.37. The summed E-state index contributed by atoms with van der Waals surface area (Å²) in [5.74, 6) is 1.42. The summed E-state index contributed by atoms with van der Waals surface area (Å²) in [6.45, 7) is 8.92. The molecule has 0 amide bonds. The predicted molar refractivity (Wildman–Crippen MR) is 78.3 cm³/mol. The van der Waals surface area contributed by atoms with Gasteiger partial charge in [-0.05, 0) is 32.4 Å². The lowest BCUT2D eigenvalue weighted by Crippen LogP contribution is -2.39. The van der Waals surface area contributed by atoms with Crippen LogP contribution in [0.2, 0.25) is 0 Å². The Morgan fingerprint density at radius 3 is 2.95 bits per heavy atom. The van der Waals surface area contributed by atoms with Crippen molar-refractivity contribution in [2.24, 2.45) is 0 Å². The van der Waals surface area contributed by atoms with Gasteiger partial charge >= 0.3 is 0 Å². The second kappa shape index (κ2) is 5.31. The Morgan fingerprint density at radius 2 is 2.21 bits per heavy atom. The fourth-order valence-corrected chi connectivity index (χ4v) is 3.06. The van der Waals surface area contributed by atoms with Gasteiger partial charge in [-0.1, -0.05) is 12.1 Å².